The van der Waals surface area contributed by atoms with Gasteiger partial charge in [-0.25, -0.2) is 9.78 Å². The number of amides is 12. The Morgan fingerprint density at radius 1 is 0.407 bits per heavy atom. The molecule has 1 aromatic heterocycles. The molecule has 0 aliphatic heterocycles. The minimum absolute atomic E-state index is 0.0316. The number of hydrogen-bond donors (Lipinski definition) is 23. The van der Waals surface area contributed by atoms with E-state index >= 15 is 0 Å². The Balaban J connectivity index is 3.62. The van der Waals surface area contributed by atoms with E-state index in [4.69, 9.17) is 34.4 Å². The first-order valence-electron chi connectivity index (χ1n) is 36.4. The average Bonchev–Trinajstić information content (AvgIpc) is 1.01. The number of unbranched alkanes of at least 4 members (excludes halogenated alkanes) is 1. The molecular weight excluding hydrogens is 1410 g/mol. The lowest BCUT2D eigenvalue weighted by atomic mass is 9.99. The third-order valence-electron chi connectivity index (χ3n) is 16.6. The minimum Gasteiger partial charge on any atom is -0.481 e. The molecule has 1 heterocycles. The van der Waals surface area contributed by atoms with E-state index in [0.29, 0.717) is 18.5 Å². The van der Waals surface area contributed by atoms with Crippen molar-refractivity contribution in [2.45, 2.75) is 245 Å². The Morgan fingerprint density at radius 2 is 0.731 bits per heavy atom. The van der Waals surface area contributed by atoms with E-state index in [-0.39, 0.29) is 119 Å². The molecule has 29 N–H and O–H groups in total. The standard InChI is InChI=1S/C68H122N22O18/c1-33(2)23-43(82-58(99)44(24-34(3)4)81-55(96)41(18-13-14-20-69)80-62(103)49(30-91)87-59(100)45(25-35(5)6)85-64(105)52(37(9)10)89-54(95)40(70)17-15-21-76-67(71)72)57(98)79-42(19-16-22-77-68(73)74)56(97)84-47(28-51(93)94)60(101)88-50(31-92)63(104)83-46(27-39-29-75-32-78-39)61(102)90-53(38(11)12)65(106)86-48(66(107)108)26-36(7)8/h29,32-38,40-50,52-53,91-92H,13-28,30-31,69-70H2,1-12H3,(H,75,78)(H,79,98)(H,80,103)(H,81,96)(H,82,99)(H,83,104)(H,84,97)(H,85,105)(H,86,106)(H,87,100)(H,88,101)(H,89,95)(H,90,102)(H,93,94)(H,107,108)(H4,71,72,76)(H4,73,74,77)/t40-,41-,42-,43-,44-,45-,46-,47-,48-,49-,50-,52-,53-/m0/s1. The Kier molecular flexibility index (Phi) is 44.5. The summed E-state index contributed by atoms with van der Waals surface area (Å²) in [6.07, 6.45) is 1.85. The normalized spacial score (nSPS) is 15.0. The summed E-state index contributed by atoms with van der Waals surface area (Å²) in [5, 5.41) is 70.9. The summed E-state index contributed by atoms with van der Waals surface area (Å²) < 4.78 is 0. The van der Waals surface area contributed by atoms with Gasteiger partial charge in [-0.15, -0.1) is 0 Å². The monoisotopic (exact) mass is 1530 g/mol. The quantitative estimate of drug-likeness (QED) is 0.0164. The van der Waals surface area contributed by atoms with Crippen LogP contribution in [0, 0.1) is 35.5 Å². The minimum atomic E-state index is -2.04. The lowest BCUT2D eigenvalue weighted by Gasteiger charge is -2.29. The molecule has 0 saturated carbocycles. The predicted molar refractivity (Wildman–Crippen MR) is 398 cm³/mol. The van der Waals surface area contributed by atoms with Gasteiger partial charge in [0.15, 0.2) is 11.9 Å². The number of nitrogens with two attached hydrogens (primary N) is 6. The molecule has 0 aliphatic rings. The molecule has 1 aromatic rings. The van der Waals surface area contributed by atoms with Crippen molar-refractivity contribution in [3.8, 4) is 0 Å². The zero-order valence-corrected chi connectivity index (χ0v) is 64.2. The molecular formula is C68H122N22O18. The number of aliphatic imine (C=N–C) groups is 2. The highest BCUT2D eigenvalue weighted by Crippen LogP contribution is 2.16. The number of aliphatic carboxylic acids is 2. The Morgan fingerprint density at radius 3 is 1.10 bits per heavy atom. The number of guanidine groups is 2. The Bertz CT molecular complexity index is 3140. The van der Waals surface area contributed by atoms with Gasteiger partial charge in [0.05, 0.1) is 32.0 Å². The Hall–Kier alpha value is -9.83. The molecule has 0 radical (unpaired) electrons. The molecule has 0 fully saturated rings. The van der Waals surface area contributed by atoms with Crippen molar-refractivity contribution < 1.29 is 87.5 Å². The first kappa shape index (κ1) is 96.2. The maximum absolute atomic E-state index is 14.6. The molecule has 0 spiro atoms. The van der Waals surface area contributed by atoms with Crippen molar-refractivity contribution in [1.29, 1.82) is 0 Å². The van der Waals surface area contributed by atoms with E-state index in [9.17, 15) is 87.5 Å². The van der Waals surface area contributed by atoms with E-state index in [1.165, 1.54) is 12.5 Å². The number of carbonyl (C=O) groups excluding carboxylic acids is 12. The third kappa shape index (κ3) is 37.6. The second-order valence-corrected chi connectivity index (χ2v) is 29.0. The van der Waals surface area contributed by atoms with Gasteiger partial charge in [-0.3, -0.25) is 72.3 Å². The van der Waals surface area contributed by atoms with Crippen LogP contribution in [0.3, 0.4) is 0 Å². The Labute approximate surface area is 629 Å². The summed E-state index contributed by atoms with van der Waals surface area (Å²) in [5.41, 5.74) is 34.0. The van der Waals surface area contributed by atoms with Gasteiger partial charge in [-0.1, -0.05) is 83.1 Å². The molecule has 40 heteroatoms. The van der Waals surface area contributed by atoms with Gasteiger partial charge in [0.25, 0.3) is 0 Å². The van der Waals surface area contributed by atoms with E-state index in [1.807, 2.05) is 0 Å². The number of nitrogens with one attached hydrogen (secondary N) is 13. The first-order chi connectivity index (χ1) is 50.5. The van der Waals surface area contributed by atoms with Crippen LogP contribution in [0.25, 0.3) is 0 Å². The lowest BCUT2D eigenvalue weighted by Crippen LogP contribution is -2.62. The van der Waals surface area contributed by atoms with E-state index in [1.54, 1.807) is 83.1 Å². The van der Waals surface area contributed by atoms with Crippen LogP contribution >= 0.6 is 0 Å². The number of imidazole rings is 1. The number of aromatic amines is 1. The smallest absolute Gasteiger partial charge is 0.326 e. The van der Waals surface area contributed by atoms with Crippen LogP contribution in [0.5, 0.6) is 0 Å². The fourth-order valence-corrected chi connectivity index (χ4v) is 10.9. The summed E-state index contributed by atoms with van der Waals surface area (Å²) >= 11 is 0. The van der Waals surface area contributed by atoms with Crippen LogP contribution in [0.2, 0.25) is 0 Å². The summed E-state index contributed by atoms with van der Waals surface area (Å²) in [6, 6.07) is -19.4. The molecule has 0 aliphatic carbocycles. The maximum Gasteiger partial charge on any atom is 0.326 e. The third-order valence-corrected chi connectivity index (χ3v) is 16.6. The fourth-order valence-electron chi connectivity index (χ4n) is 10.9. The first-order valence-corrected chi connectivity index (χ1v) is 36.4. The van der Waals surface area contributed by atoms with Gasteiger partial charge >= 0.3 is 11.9 Å². The summed E-state index contributed by atoms with van der Waals surface area (Å²) in [7, 11) is 0. The summed E-state index contributed by atoms with van der Waals surface area (Å²) in [4.78, 5) is 208. The number of H-pyrrole nitrogens is 1. The van der Waals surface area contributed by atoms with Crippen LogP contribution in [0.1, 0.15) is 166 Å². The number of aliphatic hydroxyl groups is 2. The lowest BCUT2D eigenvalue weighted by molar-refractivity contribution is -0.143. The van der Waals surface area contributed by atoms with Gasteiger partial charge in [0.2, 0.25) is 70.9 Å². The molecule has 0 bridgehead atoms. The van der Waals surface area contributed by atoms with Crippen LogP contribution in [-0.2, 0) is 73.5 Å². The molecule has 0 saturated heterocycles. The van der Waals surface area contributed by atoms with Gasteiger partial charge in [-0.05, 0) is 113 Å². The van der Waals surface area contributed by atoms with E-state index in [0.717, 1.165) is 0 Å². The van der Waals surface area contributed by atoms with Crippen LogP contribution in [-0.4, -0.2) is 237 Å². The molecule has 0 unspecified atom stereocenters. The molecule has 40 nitrogen and oxygen atoms in total. The van der Waals surface area contributed by atoms with Crippen molar-refractivity contribution in [3.63, 3.8) is 0 Å². The van der Waals surface area contributed by atoms with Gasteiger partial charge in [0, 0.05) is 31.4 Å². The van der Waals surface area contributed by atoms with Crippen LogP contribution < -0.4 is 98.2 Å². The zero-order valence-electron chi connectivity index (χ0n) is 64.2. The molecule has 1 rings (SSSR count). The van der Waals surface area contributed by atoms with Crippen molar-refractivity contribution in [2.24, 2.45) is 79.9 Å². The van der Waals surface area contributed by atoms with Crippen molar-refractivity contribution in [3.05, 3.63) is 18.2 Å². The fraction of sp³-hybridized carbons (Fsp3) is 0.721. The number of aromatic nitrogens is 2. The highest BCUT2D eigenvalue weighted by molar-refractivity contribution is 6.00. The van der Waals surface area contributed by atoms with Gasteiger partial charge in [-0.2, -0.15) is 0 Å². The predicted octanol–water partition coefficient (Wildman–Crippen LogP) is -5.63. The number of carboxylic acids is 2. The zero-order chi connectivity index (χ0) is 82.2. The molecule has 0 aromatic carbocycles. The summed E-state index contributed by atoms with van der Waals surface area (Å²) in [6.45, 7) is 18.5. The molecule has 108 heavy (non-hydrogen) atoms. The number of carbonyl (C=O) groups is 14. The topological polar surface area (TPSA) is 674 Å². The van der Waals surface area contributed by atoms with E-state index < -0.39 is 193 Å². The number of rotatable bonds is 53. The second-order valence-electron chi connectivity index (χ2n) is 29.0. The van der Waals surface area contributed by atoms with Crippen molar-refractivity contribution in [1.82, 2.24) is 73.8 Å². The largest absolute Gasteiger partial charge is 0.481 e. The van der Waals surface area contributed by atoms with Gasteiger partial charge in [0.1, 0.15) is 72.5 Å². The van der Waals surface area contributed by atoms with Crippen molar-refractivity contribution in [2.75, 3.05) is 32.8 Å². The summed E-state index contributed by atoms with van der Waals surface area (Å²) in [5.74, 6) is -17.2. The number of hydrogen-bond acceptors (Lipinski definition) is 21. The second kappa shape index (κ2) is 49.9. The van der Waals surface area contributed by atoms with Crippen LogP contribution in [0.15, 0.2) is 22.5 Å². The SMILES string of the molecule is CC(C)C[C@H](NC(=O)[C@@H](NC(=O)[C@H](Cc1cnc[nH]1)NC(=O)[C@H](CO)NC(=O)[C@H](CC(=O)O)NC(=O)[C@H](CCCN=C(N)N)NC(=O)[C@H](CC(C)C)NC(=O)[C@H](CC(C)C)NC(=O)[C@H](CCCCN)NC(=O)[C@H](CO)NC(=O)[C@H](CC(C)C)NC(=O)[C@@H](NC(=O)[C@@H](N)CCCN=C(N)N)C(C)C)C(C)C)C(=O)O. The highest BCUT2D eigenvalue weighted by Gasteiger charge is 2.39. The molecule has 13 atom stereocenters. The molecule has 612 valence electrons. The highest BCUT2D eigenvalue weighted by atomic mass is 16.4. The number of nitrogens with zero attached hydrogens (tertiary/aromatic N) is 3. The van der Waals surface area contributed by atoms with Crippen LogP contribution in [0.4, 0.5) is 0 Å². The average molecular weight is 1540 g/mol. The molecule has 12 amide bonds. The van der Waals surface area contributed by atoms with Crippen molar-refractivity contribution >= 4 is 94.7 Å². The van der Waals surface area contributed by atoms with E-state index in [2.05, 4.69) is 83.8 Å². The number of aliphatic hydroxyl groups excluding tert-OH is 2. The maximum atomic E-state index is 14.6. The number of carboxylic acid groups (broad SMARTS) is 2. The van der Waals surface area contributed by atoms with Gasteiger partial charge < -0.3 is 124 Å².